The van der Waals surface area contributed by atoms with Gasteiger partial charge in [0.1, 0.15) is 17.2 Å². The van der Waals surface area contributed by atoms with Gasteiger partial charge >= 0.3 is 0 Å². The average molecular weight is 459 g/mol. The van der Waals surface area contributed by atoms with Crippen LogP contribution in [-0.2, 0) is 19.6 Å². The lowest BCUT2D eigenvalue weighted by atomic mass is 10.2. The first-order valence-corrected chi connectivity index (χ1v) is 10.6. The first-order valence-electron chi connectivity index (χ1n) is 8.73. The van der Waals surface area contributed by atoms with Crippen molar-refractivity contribution in [3.05, 3.63) is 41.4 Å². The second-order valence-electron chi connectivity index (χ2n) is 5.89. The Morgan fingerprint density at radius 1 is 1.03 bits per heavy atom. The lowest BCUT2D eigenvalue weighted by molar-refractivity contribution is -0.118. The third-order valence-electron chi connectivity index (χ3n) is 3.85. The second kappa shape index (κ2) is 11.0. The number of hydrogen-bond donors (Lipinski definition) is 2. The Morgan fingerprint density at radius 3 is 2.30 bits per heavy atom. The van der Waals surface area contributed by atoms with Crippen molar-refractivity contribution in [2.24, 2.45) is 0 Å². The number of methoxy groups -OCH3 is 3. The molecule has 2 aromatic rings. The van der Waals surface area contributed by atoms with Crippen molar-refractivity contribution in [2.45, 2.75) is 4.90 Å². The number of nitrogens with one attached hydrogen (secondary N) is 2. The van der Waals surface area contributed by atoms with Gasteiger partial charge in [0.25, 0.3) is 5.91 Å². The Balaban J connectivity index is 1.97. The van der Waals surface area contributed by atoms with Crippen molar-refractivity contribution in [1.82, 2.24) is 4.72 Å². The fourth-order valence-corrected chi connectivity index (χ4v) is 3.61. The van der Waals surface area contributed by atoms with Gasteiger partial charge in [-0.2, -0.15) is 0 Å². The quantitative estimate of drug-likeness (QED) is 0.497. The van der Waals surface area contributed by atoms with Crippen LogP contribution in [0, 0.1) is 0 Å². The molecule has 0 spiro atoms. The average Bonchev–Trinajstić information content (AvgIpc) is 2.73. The summed E-state index contributed by atoms with van der Waals surface area (Å²) in [7, 11) is 0.748. The zero-order chi connectivity index (χ0) is 22.1. The summed E-state index contributed by atoms with van der Waals surface area (Å²) in [6.45, 7) is 0.127. The number of carbonyl (C=O) groups excluding carboxylic acids is 1. The van der Waals surface area contributed by atoms with E-state index in [2.05, 4.69) is 10.0 Å². The molecule has 0 heterocycles. The van der Waals surface area contributed by atoms with Crippen LogP contribution < -0.4 is 24.2 Å². The van der Waals surface area contributed by atoms with E-state index in [1.807, 2.05) is 0 Å². The van der Waals surface area contributed by atoms with E-state index in [1.54, 1.807) is 0 Å². The molecule has 164 valence electrons. The zero-order valence-corrected chi connectivity index (χ0v) is 18.3. The summed E-state index contributed by atoms with van der Waals surface area (Å²) in [5, 5.41) is 3.00. The molecule has 30 heavy (non-hydrogen) atoms. The van der Waals surface area contributed by atoms with Crippen LogP contribution in [0.5, 0.6) is 17.2 Å². The minimum absolute atomic E-state index is 0.0772. The van der Waals surface area contributed by atoms with Gasteiger partial charge in [-0.3, -0.25) is 4.79 Å². The van der Waals surface area contributed by atoms with Crippen molar-refractivity contribution < 1.29 is 32.2 Å². The Morgan fingerprint density at radius 2 is 1.70 bits per heavy atom. The van der Waals surface area contributed by atoms with Gasteiger partial charge in [-0.25, -0.2) is 13.1 Å². The molecule has 2 rings (SSSR count). The minimum atomic E-state index is -3.64. The molecular weight excluding hydrogens is 436 g/mol. The van der Waals surface area contributed by atoms with Gasteiger partial charge in [0.2, 0.25) is 10.0 Å². The van der Waals surface area contributed by atoms with Crippen LogP contribution in [0.15, 0.2) is 41.3 Å². The summed E-state index contributed by atoms with van der Waals surface area (Å²) >= 11 is 6.04. The maximum absolute atomic E-state index is 12.2. The van der Waals surface area contributed by atoms with Gasteiger partial charge < -0.3 is 24.3 Å². The van der Waals surface area contributed by atoms with Gasteiger partial charge in [0, 0.05) is 25.8 Å². The molecular formula is C19H23ClN2O7S. The largest absolute Gasteiger partial charge is 0.495 e. The van der Waals surface area contributed by atoms with Crippen LogP contribution in [0.25, 0.3) is 0 Å². The van der Waals surface area contributed by atoms with Crippen LogP contribution >= 0.6 is 11.6 Å². The standard InChI is InChI=1S/C19H23ClN2O7S/c1-26-9-8-21-30(24,25)14-6-4-13(5-7-14)29-12-19(23)22-16-11-17(27-2)15(20)10-18(16)28-3/h4-7,10-11,21H,8-9,12H2,1-3H3,(H,22,23). The number of benzene rings is 2. The summed E-state index contributed by atoms with van der Waals surface area (Å²) in [5.41, 5.74) is 0.371. The molecule has 0 aliphatic carbocycles. The zero-order valence-electron chi connectivity index (χ0n) is 16.7. The monoisotopic (exact) mass is 458 g/mol. The van der Waals surface area contributed by atoms with Gasteiger partial charge in [-0.05, 0) is 24.3 Å². The molecule has 1 amide bonds. The van der Waals surface area contributed by atoms with Crippen molar-refractivity contribution in [3.63, 3.8) is 0 Å². The highest BCUT2D eigenvalue weighted by atomic mass is 35.5. The molecule has 2 N–H and O–H groups in total. The topological polar surface area (TPSA) is 112 Å². The first-order chi connectivity index (χ1) is 14.3. The van der Waals surface area contributed by atoms with Gasteiger partial charge in [-0.15, -0.1) is 0 Å². The summed E-state index contributed by atoms with van der Waals surface area (Å²) in [6, 6.07) is 8.76. The van der Waals surface area contributed by atoms with Gasteiger partial charge in [0.05, 0.1) is 36.4 Å². The molecule has 0 saturated heterocycles. The molecule has 0 radical (unpaired) electrons. The maximum atomic E-state index is 12.2. The molecule has 9 nitrogen and oxygen atoms in total. The predicted octanol–water partition coefficient (Wildman–Crippen LogP) is 2.30. The third kappa shape index (κ3) is 6.49. The number of halogens is 1. The van der Waals surface area contributed by atoms with Crippen LogP contribution in [0.3, 0.4) is 0 Å². The molecule has 0 saturated carbocycles. The van der Waals surface area contributed by atoms with E-state index < -0.39 is 15.9 Å². The summed E-state index contributed by atoms with van der Waals surface area (Å²) in [6.07, 6.45) is 0. The van der Waals surface area contributed by atoms with Crippen LogP contribution in [-0.4, -0.2) is 55.4 Å². The Kier molecular flexibility index (Phi) is 8.72. The first kappa shape index (κ1) is 23.7. The van der Waals surface area contributed by atoms with E-state index in [4.69, 9.17) is 30.5 Å². The molecule has 2 aromatic carbocycles. The molecule has 0 atom stereocenters. The summed E-state index contributed by atoms with van der Waals surface area (Å²) < 4.78 is 47.2. The summed E-state index contributed by atoms with van der Waals surface area (Å²) in [5.74, 6) is 0.631. The minimum Gasteiger partial charge on any atom is -0.495 e. The van der Waals surface area contributed by atoms with Crippen LogP contribution in [0.1, 0.15) is 0 Å². The van der Waals surface area contributed by atoms with Crippen molar-refractivity contribution in [3.8, 4) is 17.2 Å². The lowest BCUT2D eigenvalue weighted by Crippen LogP contribution is -2.27. The van der Waals surface area contributed by atoms with Crippen molar-refractivity contribution in [2.75, 3.05) is 46.4 Å². The van der Waals surface area contributed by atoms with E-state index in [-0.39, 0.29) is 24.7 Å². The molecule has 11 heteroatoms. The molecule has 0 aliphatic rings. The molecule has 0 fully saturated rings. The van der Waals surface area contributed by atoms with Crippen molar-refractivity contribution in [1.29, 1.82) is 0 Å². The molecule has 0 aromatic heterocycles. The Labute approximate surface area is 180 Å². The van der Waals surface area contributed by atoms with E-state index >= 15 is 0 Å². The Hall–Kier alpha value is -2.53. The number of amides is 1. The second-order valence-corrected chi connectivity index (χ2v) is 8.06. The highest BCUT2D eigenvalue weighted by molar-refractivity contribution is 7.89. The molecule has 0 unspecified atom stereocenters. The summed E-state index contributed by atoms with van der Waals surface area (Å²) in [4.78, 5) is 12.3. The van der Waals surface area contributed by atoms with Gasteiger partial charge in [0.15, 0.2) is 6.61 Å². The fraction of sp³-hybridized carbons (Fsp3) is 0.316. The number of hydrogen-bond acceptors (Lipinski definition) is 7. The predicted molar refractivity (Wildman–Crippen MR) is 112 cm³/mol. The van der Waals surface area contributed by atoms with E-state index in [1.165, 1.54) is 57.7 Å². The smallest absolute Gasteiger partial charge is 0.262 e. The number of sulfonamides is 1. The maximum Gasteiger partial charge on any atom is 0.262 e. The van der Waals surface area contributed by atoms with Crippen molar-refractivity contribution >= 4 is 33.2 Å². The van der Waals surface area contributed by atoms with Crippen LogP contribution in [0.2, 0.25) is 5.02 Å². The number of ether oxygens (including phenoxy) is 4. The number of carbonyl (C=O) groups is 1. The van der Waals surface area contributed by atoms with Crippen LogP contribution in [0.4, 0.5) is 5.69 Å². The van der Waals surface area contributed by atoms with E-state index in [0.29, 0.717) is 28.0 Å². The lowest BCUT2D eigenvalue weighted by Gasteiger charge is -2.13. The third-order valence-corrected chi connectivity index (χ3v) is 5.62. The highest BCUT2D eigenvalue weighted by Crippen LogP contribution is 2.35. The molecule has 0 aliphatic heterocycles. The number of rotatable bonds is 11. The molecule has 0 bridgehead atoms. The van der Waals surface area contributed by atoms with E-state index in [0.717, 1.165) is 0 Å². The normalized spacial score (nSPS) is 11.1. The SMILES string of the molecule is COCCNS(=O)(=O)c1ccc(OCC(=O)Nc2cc(OC)c(Cl)cc2OC)cc1. The van der Waals surface area contributed by atoms with Gasteiger partial charge in [-0.1, -0.05) is 11.6 Å². The Bertz CT molecular complexity index is 966. The number of anilines is 1. The van der Waals surface area contributed by atoms with E-state index in [9.17, 15) is 13.2 Å². The highest BCUT2D eigenvalue weighted by Gasteiger charge is 2.15. The fourth-order valence-electron chi connectivity index (χ4n) is 2.37.